The number of nitrogens with two attached hydrogens (primary N) is 1. The summed E-state index contributed by atoms with van der Waals surface area (Å²) < 4.78 is 5.47. The quantitative estimate of drug-likeness (QED) is 0.865. The molecular weight excluding hydrogens is 264 g/mol. The molecule has 1 fully saturated rings. The molecule has 21 heavy (non-hydrogen) atoms. The molecule has 0 aromatic heterocycles. The Hall–Kier alpha value is -1.55. The zero-order valence-electron chi connectivity index (χ0n) is 13.4. The summed E-state index contributed by atoms with van der Waals surface area (Å²) in [6, 6.07) is 8.34. The Morgan fingerprint density at radius 1 is 1.33 bits per heavy atom. The van der Waals surface area contributed by atoms with Crippen LogP contribution in [0.15, 0.2) is 24.3 Å². The first-order valence-electron chi connectivity index (χ1n) is 7.57. The van der Waals surface area contributed by atoms with Crippen LogP contribution in [0, 0.1) is 6.92 Å². The highest BCUT2D eigenvalue weighted by molar-refractivity contribution is 5.68. The van der Waals surface area contributed by atoms with Gasteiger partial charge in [0.05, 0.1) is 0 Å². The summed E-state index contributed by atoms with van der Waals surface area (Å²) in [6.45, 7) is 9.05. The van der Waals surface area contributed by atoms with E-state index in [-0.39, 0.29) is 18.1 Å². The second-order valence-corrected chi connectivity index (χ2v) is 6.84. The van der Waals surface area contributed by atoms with Crippen LogP contribution in [0.25, 0.3) is 0 Å². The molecule has 2 rings (SSSR count). The fourth-order valence-electron chi connectivity index (χ4n) is 2.79. The van der Waals surface area contributed by atoms with E-state index in [1.807, 2.05) is 32.9 Å². The van der Waals surface area contributed by atoms with Gasteiger partial charge in [-0.3, -0.25) is 0 Å². The first-order valence-corrected chi connectivity index (χ1v) is 7.57. The minimum Gasteiger partial charge on any atom is -0.444 e. The Morgan fingerprint density at radius 3 is 2.62 bits per heavy atom. The van der Waals surface area contributed by atoms with Gasteiger partial charge in [-0.05, 0) is 45.2 Å². The number of rotatable bonds is 1. The van der Waals surface area contributed by atoms with Crippen LogP contribution in [0.1, 0.15) is 44.2 Å². The summed E-state index contributed by atoms with van der Waals surface area (Å²) in [6.07, 6.45) is 0.561. The third-order valence-corrected chi connectivity index (χ3v) is 3.91. The lowest BCUT2D eigenvalue weighted by molar-refractivity contribution is 0.0186. The standard InChI is InChI=1S/C17H26N2O2/c1-12-7-5-6-8-13(12)14-11-19(10-9-15(14)18)16(20)21-17(2,3)4/h5-8,14-15H,9-11,18H2,1-4H3/t14-,15+/m0/s1. The lowest BCUT2D eigenvalue weighted by Crippen LogP contribution is -2.49. The number of piperidine rings is 1. The summed E-state index contributed by atoms with van der Waals surface area (Å²) in [4.78, 5) is 14.0. The van der Waals surface area contributed by atoms with Gasteiger partial charge in [0.25, 0.3) is 0 Å². The molecule has 1 heterocycles. The van der Waals surface area contributed by atoms with Crippen molar-refractivity contribution in [3.05, 3.63) is 35.4 Å². The lowest BCUT2D eigenvalue weighted by Gasteiger charge is -2.38. The van der Waals surface area contributed by atoms with Crippen LogP contribution in [0.3, 0.4) is 0 Å². The molecule has 1 amide bonds. The number of carbonyl (C=O) groups excluding carboxylic acids is 1. The summed E-state index contributed by atoms with van der Waals surface area (Å²) in [5.74, 6) is 0.174. The Morgan fingerprint density at radius 2 is 2.00 bits per heavy atom. The van der Waals surface area contributed by atoms with E-state index in [0.29, 0.717) is 13.1 Å². The van der Waals surface area contributed by atoms with E-state index in [0.717, 1.165) is 6.42 Å². The zero-order valence-corrected chi connectivity index (χ0v) is 13.4. The molecule has 0 spiro atoms. The molecule has 0 unspecified atom stereocenters. The maximum atomic E-state index is 12.2. The fraction of sp³-hybridized carbons (Fsp3) is 0.588. The van der Waals surface area contributed by atoms with E-state index in [2.05, 4.69) is 19.1 Å². The second-order valence-electron chi connectivity index (χ2n) is 6.84. The van der Waals surface area contributed by atoms with E-state index in [9.17, 15) is 4.79 Å². The number of hydrogen-bond donors (Lipinski definition) is 1. The third-order valence-electron chi connectivity index (χ3n) is 3.91. The third kappa shape index (κ3) is 3.97. The van der Waals surface area contributed by atoms with Crippen molar-refractivity contribution in [2.24, 2.45) is 5.73 Å². The molecule has 1 aromatic rings. The van der Waals surface area contributed by atoms with Gasteiger partial charge in [-0.2, -0.15) is 0 Å². The highest BCUT2D eigenvalue weighted by Crippen LogP contribution is 2.29. The number of amides is 1. The first-order chi connectivity index (χ1) is 9.78. The van der Waals surface area contributed by atoms with Crippen molar-refractivity contribution in [1.29, 1.82) is 0 Å². The largest absolute Gasteiger partial charge is 0.444 e. The van der Waals surface area contributed by atoms with Gasteiger partial charge in [0.1, 0.15) is 5.60 Å². The van der Waals surface area contributed by atoms with E-state index < -0.39 is 5.60 Å². The van der Waals surface area contributed by atoms with Gasteiger partial charge in [-0.15, -0.1) is 0 Å². The SMILES string of the molecule is Cc1ccccc1[C@@H]1CN(C(=O)OC(C)(C)C)CC[C@H]1N. The molecule has 1 aliphatic heterocycles. The van der Waals surface area contributed by atoms with Gasteiger partial charge in [-0.1, -0.05) is 24.3 Å². The fourth-order valence-corrected chi connectivity index (χ4v) is 2.79. The highest BCUT2D eigenvalue weighted by Gasteiger charge is 2.33. The van der Waals surface area contributed by atoms with Gasteiger partial charge in [0, 0.05) is 25.0 Å². The van der Waals surface area contributed by atoms with Crippen LogP contribution >= 0.6 is 0 Å². The van der Waals surface area contributed by atoms with E-state index in [1.54, 1.807) is 4.90 Å². The zero-order chi connectivity index (χ0) is 15.6. The maximum Gasteiger partial charge on any atom is 0.410 e. The van der Waals surface area contributed by atoms with Crippen LogP contribution in [0.5, 0.6) is 0 Å². The minimum atomic E-state index is -0.463. The number of hydrogen-bond acceptors (Lipinski definition) is 3. The Balaban J connectivity index is 2.13. The molecule has 4 heteroatoms. The van der Waals surface area contributed by atoms with Gasteiger partial charge < -0.3 is 15.4 Å². The van der Waals surface area contributed by atoms with Crippen molar-refractivity contribution in [3.63, 3.8) is 0 Å². The minimum absolute atomic E-state index is 0.0878. The molecule has 1 aromatic carbocycles. The highest BCUT2D eigenvalue weighted by atomic mass is 16.6. The van der Waals surface area contributed by atoms with Crippen LogP contribution in [-0.4, -0.2) is 35.7 Å². The van der Waals surface area contributed by atoms with Crippen molar-refractivity contribution in [3.8, 4) is 0 Å². The van der Waals surface area contributed by atoms with Gasteiger partial charge >= 0.3 is 6.09 Å². The van der Waals surface area contributed by atoms with E-state index in [1.165, 1.54) is 11.1 Å². The van der Waals surface area contributed by atoms with Crippen LogP contribution in [0.2, 0.25) is 0 Å². The molecule has 4 nitrogen and oxygen atoms in total. The van der Waals surface area contributed by atoms with Crippen LogP contribution in [-0.2, 0) is 4.74 Å². The summed E-state index contributed by atoms with van der Waals surface area (Å²) >= 11 is 0. The van der Waals surface area contributed by atoms with E-state index in [4.69, 9.17) is 10.5 Å². The maximum absolute atomic E-state index is 12.2. The summed E-state index contributed by atoms with van der Waals surface area (Å²) in [5, 5.41) is 0. The number of nitrogens with zero attached hydrogens (tertiary/aromatic N) is 1. The lowest BCUT2D eigenvalue weighted by atomic mass is 9.84. The normalized spacial score (nSPS) is 23.0. The Bertz CT molecular complexity index is 508. The number of likely N-dealkylation sites (tertiary alicyclic amines) is 1. The van der Waals surface area contributed by atoms with Crippen molar-refractivity contribution in [1.82, 2.24) is 4.90 Å². The van der Waals surface area contributed by atoms with Crippen molar-refractivity contribution >= 4 is 6.09 Å². The number of ether oxygens (including phenoxy) is 1. The number of benzene rings is 1. The second kappa shape index (κ2) is 6.06. The molecule has 116 valence electrons. The Labute approximate surface area is 127 Å². The average molecular weight is 290 g/mol. The van der Waals surface area contributed by atoms with Crippen molar-refractivity contribution in [2.45, 2.75) is 51.7 Å². The molecule has 1 aliphatic rings. The molecule has 2 N–H and O–H groups in total. The predicted molar refractivity (Wildman–Crippen MR) is 84.3 cm³/mol. The van der Waals surface area contributed by atoms with E-state index >= 15 is 0 Å². The van der Waals surface area contributed by atoms with Crippen LogP contribution in [0.4, 0.5) is 4.79 Å². The molecule has 0 radical (unpaired) electrons. The van der Waals surface area contributed by atoms with Crippen molar-refractivity contribution in [2.75, 3.05) is 13.1 Å². The number of carbonyl (C=O) groups is 1. The monoisotopic (exact) mass is 290 g/mol. The predicted octanol–water partition coefficient (Wildman–Crippen LogP) is 3.05. The molecule has 0 aliphatic carbocycles. The first kappa shape index (κ1) is 15.8. The molecule has 0 saturated carbocycles. The topological polar surface area (TPSA) is 55.6 Å². The molecular formula is C17H26N2O2. The molecule has 2 atom stereocenters. The van der Waals surface area contributed by atoms with Crippen molar-refractivity contribution < 1.29 is 9.53 Å². The molecule has 1 saturated heterocycles. The van der Waals surface area contributed by atoms with Gasteiger partial charge in [-0.25, -0.2) is 4.79 Å². The van der Waals surface area contributed by atoms with Gasteiger partial charge in [0.15, 0.2) is 0 Å². The smallest absolute Gasteiger partial charge is 0.410 e. The average Bonchev–Trinajstić information content (AvgIpc) is 2.38. The summed E-state index contributed by atoms with van der Waals surface area (Å²) in [5.41, 5.74) is 8.29. The number of aryl methyl sites for hydroxylation is 1. The Kier molecular flexibility index (Phi) is 4.57. The van der Waals surface area contributed by atoms with Crippen LogP contribution < -0.4 is 5.73 Å². The molecule has 0 bridgehead atoms. The van der Waals surface area contributed by atoms with Gasteiger partial charge in [0.2, 0.25) is 0 Å². The summed E-state index contributed by atoms with van der Waals surface area (Å²) in [7, 11) is 0.